The standard InChI is InChI=1S/C15H20N2O3/c1-11-7-12(2)10-16(9-11)15(18)8-13-3-5-14(6-4-13)17(19)20/h3-6,11-12H,7-10H2,1-2H3/t11-,12+. The fraction of sp³-hybridized carbons (Fsp3) is 0.533. The average molecular weight is 276 g/mol. The summed E-state index contributed by atoms with van der Waals surface area (Å²) in [6.45, 7) is 5.97. The predicted octanol–water partition coefficient (Wildman–Crippen LogP) is 2.64. The maximum absolute atomic E-state index is 12.3. The third kappa shape index (κ3) is 3.56. The van der Waals surface area contributed by atoms with E-state index in [2.05, 4.69) is 13.8 Å². The minimum atomic E-state index is -0.431. The van der Waals surface area contributed by atoms with Crippen LogP contribution in [0, 0.1) is 22.0 Å². The summed E-state index contributed by atoms with van der Waals surface area (Å²) in [5.74, 6) is 1.19. The van der Waals surface area contributed by atoms with Crippen LogP contribution in [0.5, 0.6) is 0 Å². The highest BCUT2D eigenvalue weighted by molar-refractivity contribution is 5.79. The minimum absolute atomic E-state index is 0.0569. The Morgan fingerprint density at radius 1 is 1.25 bits per heavy atom. The van der Waals surface area contributed by atoms with Crippen LogP contribution in [-0.2, 0) is 11.2 Å². The summed E-state index contributed by atoms with van der Waals surface area (Å²) in [4.78, 5) is 24.3. The molecule has 5 nitrogen and oxygen atoms in total. The zero-order valence-electron chi connectivity index (χ0n) is 11.9. The molecular formula is C15H20N2O3. The molecule has 0 unspecified atom stereocenters. The smallest absolute Gasteiger partial charge is 0.269 e. The largest absolute Gasteiger partial charge is 0.342 e. The minimum Gasteiger partial charge on any atom is -0.342 e. The van der Waals surface area contributed by atoms with E-state index in [0.717, 1.165) is 18.7 Å². The van der Waals surface area contributed by atoms with Crippen molar-refractivity contribution in [2.75, 3.05) is 13.1 Å². The third-order valence-corrected chi connectivity index (χ3v) is 3.72. The molecule has 5 heteroatoms. The molecule has 1 aliphatic rings. The number of amides is 1. The lowest BCUT2D eigenvalue weighted by Crippen LogP contribution is -2.43. The van der Waals surface area contributed by atoms with Crippen molar-refractivity contribution in [2.45, 2.75) is 26.7 Å². The maximum Gasteiger partial charge on any atom is 0.269 e. The lowest BCUT2D eigenvalue weighted by atomic mass is 9.91. The topological polar surface area (TPSA) is 63.5 Å². The number of carbonyl (C=O) groups excluding carboxylic acids is 1. The van der Waals surface area contributed by atoms with Crippen molar-refractivity contribution in [2.24, 2.45) is 11.8 Å². The highest BCUT2D eigenvalue weighted by Crippen LogP contribution is 2.22. The van der Waals surface area contributed by atoms with Crippen LogP contribution in [-0.4, -0.2) is 28.8 Å². The molecule has 1 aliphatic heterocycles. The number of nitrogens with zero attached hydrogens (tertiary/aromatic N) is 2. The van der Waals surface area contributed by atoms with Crippen molar-refractivity contribution in [3.63, 3.8) is 0 Å². The number of hydrogen-bond acceptors (Lipinski definition) is 3. The summed E-state index contributed by atoms with van der Waals surface area (Å²) in [6, 6.07) is 6.22. The Kier molecular flexibility index (Phi) is 4.37. The highest BCUT2D eigenvalue weighted by Gasteiger charge is 2.25. The monoisotopic (exact) mass is 276 g/mol. The molecule has 0 radical (unpaired) electrons. The van der Waals surface area contributed by atoms with E-state index in [1.807, 2.05) is 4.90 Å². The van der Waals surface area contributed by atoms with Gasteiger partial charge in [-0.05, 0) is 23.8 Å². The normalized spacial score (nSPS) is 22.6. The highest BCUT2D eigenvalue weighted by atomic mass is 16.6. The fourth-order valence-corrected chi connectivity index (χ4v) is 2.89. The van der Waals surface area contributed by atoms with Gasteiger partial charge < -0.3 is 4.90 Å². The second-order valence-electron chi connectivity index (χ2n) is 5.85. The zero-order chi connectivity index (χ0) is 14.7. The first-order chi connectivity index (χ1) is 9.45. The van der Waals surface area contributed by atoms with Gasteiger partial charge in [0.05, 0.1) is 11.3 Å². The van der Waals surface area contributed by atoms with Gasteiger partial charge in [0, 0.05) is 25.2 Å². The number of nitro benzene ring substituents is 1. The van der Waals surface area contributed by atoms with Gasteiger partial charge in [-0.3, -0.25) is 14.9 Å². The number of non-ortho nitro benzene ring substituents is 1. The summed E-state index contributed by atoms with van der Waals surface area (Å²) < 4.78 is 0. The Bertz CT molecular complexity index is 488. The third-order valence-electron chi connectivity index (χ3n) is 3.72. The molecule has 1 amide bonds. The summed E-state index contributed by atoms with van der Waals surface area (Å²) >= 11 is 0. The van der Waals surface area contributed by atoms with Gasteiger partial charge >= 0.3 is 0 Å². The Morgan fingerprint density at radius 2 is 1.80 bits per heavy atom. The van der Waals surface area contributed by atoms with Crippen molar-refractivity contribution < 1.29 is 9.72 Å². The van der Waals surface area contributed by atoms with Gasteiger partial charge in [0.15, 0.2) is 0 Å². The van der Waals surface area contributed by atoms with Gasteiger partial charge in [-0.1, -0.05) is 26.0 Å². The van der Waals surface area contributed by atoms with Crippen LogP contribution in [0.4, 0.5) is 5.69 Å². The van der Waals surface area contributed by atoms with Crippen LogP contribution in [0.3, 0.4) is 0 Å². The van der Waals surface area contributed by atoms with Crippen LogP contribution in [0.15, 0.2) is 24.3 Å². The van der Waals surface area contributed by atoms with Gasteiger partial charge in [-0.15, -0.1) is 0 Å². The molecule has 0 aliphatic carbocycles. The first-order valence-corrected chi connectivity index (χ1v) is 6.97. The van der Waals surface area contributed by atoms with E-state index in [1.165, 1.54) is 18.6 Å². The molecule has 0 spiro atoms. The van der Waals surface area contributed by atoms with Gasteiger partial charge in [0.2, 0.25) is 5.91 Å². The van der Waals surface area contributed by atoms with Crippen molar-refractivity contribution in [3.8, 4) is 0 Å². The molecule has 108 valence electrons. The quantitative estimate of drug-likeness (QED) is 0.629. The fourth-order valence-electron chi connectivity index (χ4n) is 2.89. The molecule has 1 saturated heterocycles. The van der Waals surface area contributed by atoms with Crippen LogP contribution in [0.1, 0.15) is 25.8 Å². The number of likely N-dealkylation sites (tertiary alicyclic amines) is 1. The van der Waals surface area contributed by atoms with Crippen molar-refractivity contribution in [1.29, 1.82) is 0 Å². The molecule has 0 bridgehead atoms. The first kappa shape index (κ1) is 14.5. The number of nitro groups is 1. The van der Waals surface area contributed by atoms with Crippen LogP contribution >= 0.6 is 0 Å². The summed E-state index contributed by atoms with van der Waals surface area (Å²) in [7, 11) is 0. The number of hydrogen-bond donors (Lipinski definition) is 0. The molecular weight excluding hydrogens is 256 g/mol. The maximum atomic E-state index is 12.3. The van der Waals surface area contributed by atoms with E-state index >= 15 is 0 Å². The lowest BCUT2D eigenvalue weighted by Gasteiger charge is -2.35. The SMILES string of the molecule is C[C@@H]1C[C@H](C)CN(C(=O)Cc2ccc([N+](=O)[O-])cc2)C1. The van der Waals surface area contributed by atoms with E-state index in [1.54, 1.807) is 12.1 Å². The zero-order valence-corrected chi connectivity index (χ0v) is 11.9. The second-order valence-corrected chi connectivity index (χ2v) is 5.85. The Labute approximate surface area is 118 Å². The van der Waals surface area contributed by atoms with E-state index in [0.29, 0.717) is 18.3 Å². The molecule has 2 atom stereocenters. The number of piperidine rings is 1. The molecule has 2 rings (SSSR count). The van der Waals surface area contributed by atoms with Gasteiger partial charge in [0.1, 0.15) is 0 Å². The van der Waals surface area contributed by atoms with Gasteiger partial charge in [-0.25, -0.2) is 0 Å². The summed E-state index contributed by atoms with van der Waals surface area (Å²) in [5.41, 5.74) is 0.882. The Balaban J connectivity index is 1.98. The van der Waals surface area contributed by atoms with Crippen LogP contribution < -0.4 is 0 Å². The van der Waals surface area contributed by atoms with Crippen molar-refractivity contribution >= 4 is 11.6 Å². The van der Waals surface area contributed by atoms with Crippen LogP contribution in [0.25, 0.3) is 0 Å². The lowest BCUT2D eigenvalue weighted by molar-refractivity contribution is -0.384. The van der Waals surface area contributed by atoms with Gasteiger partial charge in [0.25, 0.3) is 5.69 Å². The molecule has 0 N–H and O–H groups in total. The molecule has 1 aromatic rings. The van der Waals surface area contributed by atoms with Crippen LogP contribution in [0.2, 0.25) is 0 Å². The van der Waals surface area contributed by atoms with Gasteiger partial charge in [-0.2, -0.15) is 0 Å². The summed E-state index contributed by atoms with van der Waals surface area (Å²) in [6.07, 6.45) is 1.48. The molecule has 1 aromatic carbocycles. The van der Waals surface area contributed by atoms with E-state index < -0.39 is 4.92 Å². The van der Waals surface area contributed by atoms with Crippen molar-refractivity contribution in [3.05, 3.63) is 39.9 Å². The number of benzene rings is 1. The van der Waals surface area contributed by atoms with E-state index in [-0.39, 0.29) is 11.6 Å². The average Bonchev–Trinajstić information content (AvgIpc) is 2.38. The number of rotatable bonds is 3. The number of carbonyl (C=O) groups is 1. The molecule has 1 fully saturated rings. The Morgan fingerprint density at radius 3 is 2.30 bits per heavy atom. The molecule has 20 heavy (non-hydrogen) atoms. The molecule has 0 saturated carbocycles. The Hall–Kier alpha value is -1.91. The first-order valence-electron chi connectivity index (χ1n) is 6.97. The summed E-state index contributed by atoms with van der Waals surface area (Å²) in [5, 5.41) is 10.6. The van der Waals surface area contributed by atoms with Crippen molar-refractivity contribution in [1.82, 2.24) is 4.90 Å². The van der Waals surface area contributed by atoms with E-state index in [9.17, 15) is 14.9 Å². The second kappa shape index (κ2) is 6.03. The van der Waals surface area contributed by atoms with E-state index in [4.69, 9.17) is 0 Å². The molecule has 1 heterocycles. The predicted molar refractivity (Wildman–Crippen MR) is 76.3 cm³/mol. The molecule has 0 aromatic heterocycles.